The van der Waals surface area contributed by atoms with E-state index < -0.39 is 10.0 Å². The molecule has 4 heteroatoms. The number of hydrogen-bond donors (Lipinski definition) is 1. The van der Waals surface area contributed by atoms with Gasteiger partial charge in [-0.1, -0.05) is 18.1 Å². The van der Waals surface area contributed by atoms with Gasteiger partial charge in [-0.2, -0.15) is 0 Å². The minimum atomic E-state index is -3.19. The number of nitrogens with one attached hydrogen (secondary N) is 1. The topological polar surface area (TPSA) is 46.2 Å². The number of hydrogen-bond acceptors (Lipinski definition) is 2. The highest BCUT2D eigenvalue weighted by atomic mass is 32.2. The lowest BCUT2D eigenvalue weighted by Gasteiger charge is -2.02. The van der Waals surface area contributed by atoms with Crippen molar-refractivity contribution in [2.75, 3.05) is 7.05 Å². The fourth-order valence-corrected chi connectivity index (χ4v) is 1.76. The maximum absolute atomic E-state index is 11.2. The molecule has 1 N–H and O–H groups in total. The van der Waals surface area contributed by atoms with Crippen molar-refractivity contribution in [1.82, 2.24) is 4.72 Å². The molecule has 1 aromatic carbocycles. The lowest BCUT2D eigenvalue weighted by atomic mass is 10.2. The highest BCUT2D eigenvalue weighted by Gasteiger charge is 2.07. The van der Waals surface area contributed by atoms with Crippen LogP contribution in [0.25, 0.3) is 0 Å². The quantitative estimate of drug-likeness (QED) is 0.745. The second-order valence-corrected chi connectivity index (χ2v) is 4.73. The van der Waals surface area contributed by atoms with E-state index in [0.29, 0.717) is 0 Å². The van der Waals surface area contributed by atoms with Crippen molar-refractivity contribution in [3.05, 3.63) is 35.4 Å². The summed E-state index contributed by atoms with van der Waals surface area (Å²) in [4.78, 5) is 0. The molecule has 0 aromatic heterocycles. The van der Waals surface area contributed by atoms with Gasteiger partial charge in [-0.25, -0.2) is 13.1 Å². The Morgan fingerprint density at radius 3 is 2.36 bits per heavy atom. The van der Waals surface area contributed by atoms with E-state index in [4.69, 9.17) is 6.42 Å². The van der Waals surface area contributed by atoms with E-state index in [-0.39, 0.29) is 5.75 Å². The van der Waals surface area contributed by atoms with E-state index in [0.717, 1.165) is 11.1 Å². The number of rotatable bonds is 3. The van der Waals surface area contributed by atoms with Crippen molar-refractivity contribution in [3.8, 4) is 12.3 Å². The maximum atomic E-state index is 11.2. The van der Waals surface area contributed by atoms with Crippen molar-refractivity contribution in [2.45, 2.75) is 5.75 Å². The highest BCUT2D eigenvalue weighted by molar-refractivity contribution is 7.88. The Morgan fingerprint density at radius 1 is 1.36 bits per heavy atom. The van der Waals surface area contributed by atoms with Gasteiger partial charge >= 0.3 is 0 Å². The number of sulfonamides is 1. The zero-order valence-electron chi connectivity index (χ0n) is 7.82. The molecule has 0 saturated carbocycles. The summed E-state index contributed by atoms with van der Waals surface area (Å²) in [6.45, 7) is 0. The van der Waals surface area contributed by atoms with Crippen LogP contribution < -0.4 is 4.72 Å². The van der Waals surface area contributed by atoms with Crippen LogP contribution >= 0.6 is 0 Å². The van der Waals surface area contributed by atoms with Crippen LogP contribution in [0.1, 0.15) is 11.1 Å². The van der Waals surface area contributed by atoms with Crippen molar-refractivity contribution >= 4 is 10.0 Å². The highest BCUT2D eigenvalue weighted by Crippen LogP contribution is 2.06. The Balaban J connectivity index is 2.86. The molecular formula is C10H11NO2S. The van der Waals surface area contributed by atoms with Gasteiger partial charge in [0.15, 0.2) is 0 Å². The first-order valence-corrected chi connectivity index (χ1v) is 5.69. The lowest BCUT2D eigenvalue weighted by Crippen LogP contribution is -2.20. The largest absolute Gasteiger partial charge is 0.218 e. The Labute approximate surface area is 84.2 Å². The molecule has 14 heavy (non-hydrogen) atoms. The molecule has 0 radical (unpaired) electrons. The monoisotopic (exact) mass is 209 g/mol. The van der Waals surface area contributed by atoms with Crippen LogP contribution in [0.5, 0.6) is 0 Å². The minimum Gasteiger partial charge on any atom is -0.218 e. The van der Waals surface area contributed by atoms with Crippen molar-refractivity contribution < 1.29 is 8.42 Å². The first-order valence-electron chi connectivity index (χ1n) is 4.04. The molecule has 0 saturated heterocycles. The van der Waals surface area contributed by atoms with Gasteiger partial charge in [-0.05, 0) is 24.7 Å². The molecule has 0 aliphatic heterocycles. The van der Waals surface area contributed by atoms with Crippen LogP contribution in [-0.2, 0) is 15.8 Å². The first kappa shape index (κ1) is 10.8. The molecule has 0 amide bonds. The van der Waals surface area contributed by atoms with E-state index in [1.807, 2.05) is 0 Å². The molecule has 0 fully saturated rings. The summed E-state index contributed by atoms with van der Waals surface area (Å²) in [5, 5.41) is 0. The van der Waals surface area contributed by atoms with Gasteiger partial charge in [0.05, 0.1) is 5.75 Å². The third-order valence-electron chi connectivity index (χ3n) is 1.79. The van der Waals surface area contributed by atoms with E-state index >= 15 is 0 Å². The van der Waals surface area contributed by atoms with Crippen LogP contribution in [-0.4, -0.2) is 15.5 Å². The molecule has 0 spiro atoms. The van der Waals surface area contributed by atoms with Crippen LogP contribution in [0.4, 0.5) is 0 Å². The molecule has 0 bridgehead atoms. The molecule has 1 rings (SSSR count). The van der Waals surface area contributed by atoms with Crippen LogP contribution in [0.2, 0.25) is 0 Å². The fraction of sp³-hybridized carbons (Fsp3) is 0.200. The average molecular weight is 209 g/mol. The Kier molecular flexibility index (Phi) is 3.28. The summed E-state index contributed by atoms with van der Waals surface area (Å²) < 4.78 is 24.6. The Hall–Kier alpha value is -1.31. The maximum Gasteiger partial charge on any atom is 0.215 e. The van der Waals surface area contributed by atoms with Crippen molar-refractivity contribution in [1.29, 1.82) is 0 Å². The number of terminal acetylenes is 1. The summed E-state index contributed by atoms with van der Waals surface area (Å²) in [7, 11) is -1.80. The van der Waals surface area contributed by atoms with Gasteiger partial charge < -0.3 is 0 Å². The zero-order valence-corrected chi connectivity index (χ0v) is 8.64. The van der Waals surface area contributed by atoms with Gasteiger partial charge in [-0.3, -0.25) is 0 Å². The van der Waals surface area contributed by atoms with E-state index in [1.165, 1.54) is 7.05 Å². The summed E-state index contributed by atoms with van der Waals surface area (Å²) in [6.07, 6.45) is 5.17. The molecule has 1 aromatic rings. The summed E-state index contributed by atoms with van der Waals surface area (Å²) in [5.74, 6) is 2.45. The third-order valence-corrected chi connectivity index (χ3v) is 3.12. The van der Waals surface area contributed by atoms with Crippen LogP contribution in [0.3, 0.4) is 0 Å². The molecule has 3 nitrogen and oxygen atoms in total. The first-order chi connectivity index (χ1) is 6.57. The number of benzene rings is 1. The average Bonchev–Trinajstić information content (AvgIpc) is 2.19. The molecule has 0 aliphatic carbocycles. The second kappa shape index (κ2) is 4.27. The van der Waals surface area contributed by atoms with E-state index in [9.17, 15) is 8.42 Å². The SMILES string of the molecule is C#Cc1ccc(CS(=O)(=O)NC)cc1. The molecule has 0 heterocycles. The molecule has 74 valence electrons. The molecule has 0 unspecified atom stereocenters. The standard InChI is InChI=1S/C10H11NO2S/c1-3-9-4-6-10(7-5-9)8-14(12,13)11-2/h1,4-7,11H,8H2,2H3. The smallest absolute Gasteiger partial charge is 0.215 e. The fourth-order valence-electron chi connectivity index (χ4n) is 0.989. The Morgan fingerprint density at radius 2 is 1.93 bits per heavy atom. The molecule has 0 atom stereocenters. The zero-order chi connectivity index (χ0) is 10.6. The van der Waals surface area contributed by atoms with Crippen molar-refractivity contribution in [2.24, 2.45) is 0 Å². The van der Waals surface area contributed by atoms with Gasteiger partial charge in [0.2, 0.25) is 10.0 Å². The van der Waals surface area contributed by atoms with Gasteiger partial charge in [-0.15, -0.1) is 6.42 Å². The van der Waals surface area contributed by atoms with Gasteiger partial charge in [0.1, 0.15) is 0 Å². The van der Waals surface area contributed by atoms with Gasteiger partial charge in [0.25, 0.3) is 0 Å². The minimum absolute atomic E-state index is 0.0195. The molecular weight excluding hydrogens is 198 g/mol. The predicted molar refractivity (Wildman–Crippen MR) is 56.1 cm³/mol. The molecule has 0 aliphatic rings. The lowest BCUT2D eigenvalue weighted by molar-refractivity contribution is 0.587. The van der Waals surface area contributed by atoms with Crippen molar-refractivity contribution in [3.63, 3.8) is 0 Å². The normalized spacial score (nSPS) is 10.9. The van der Waals surface area contributed by atoms with Gasteiger partial charge in [0, 0.05) is 5.56 Å². The summed E-state index contributed by atoms with van der Waals surface area (Å²) in [6, 6.07) is 6.87. The Bertz CT molecular complexity index is 440. The summed E-state index contributed by atoms with van der Waals surface area (Å²) in [5.41, 5.74) is 1.47. The van der Waals surface area contributed by atoms with Crippen LogP contribution in [0, 0.1) is 12.3 Å². The third kappa shape index (κ3) is 2.87. The summed E-state index contributed by atoms with van der Waals surface area (Å²) >= 11 is 0. The second-order valence-electron chi connectivity index (χ2n) is 2.80. The van der Waals surface area contributed by atoms with Crippen LogP contribution in [0.15, 0.2) is 24.3 Å². The predicted octanol–water partition coefficient (Wildman–Crippen LogP) is 0.717. The van der Waals surface area contributed by atoms with E-state index in [1.54, 1.807) is 24.3 Å². The van der Waals surface area contributed by atoms with E-state index in [2.05, 4.69) is 10.6 Å².